The van der Waals surface area contributed by atoms with Crippen molar-refractivity contribution < 1.29 is 4.92 Å². The Bertz CT molecular complexity index is 1570. The van der Waals surface area contributed by atoms with Gasteiger partial charge < -0.3 is 19.7 Å². The first-order valence-electron chi connectivity index (χ1n) is 13.8. The van der Waals surface area contributed by atoms with Crippen molar-refractivity contribution in [2.45, 2.75) is 32.4 Å². The van der Waals surface area contributed by atoms with Gasteiger partial charge in [-0.2, -0.15) is 0 Å². The molecule has 0 aliphatic carbocycles. The summed E-state index contributed by atoms with van der Waals surface area (Å²) in [6, 6.07) is 22.1. The molecule has 6 rings (SSSR count). The molecule has 8 nitrogen and oxygen atoms in total. The summed E-state index contributed by atoms with van der Waals surface area (Å²) in [7, 11) is 0. The van der Waals surface area contributed by atoms with Gasteiger partial charge in [0.1, 0.15) is 6.04 Å². The van der Waals surface area contributed by atoms with Crippen LogP contribution in [0.25, 0.3) is 5.69 Å². The Labute approximate surface area is 249 Å². The van der Waals surface area contributed by atoms with Gasteiger partial charge in [-0.15, -0.1) is 0 Å². The van der Waals surface area contributed by atoms with Crippen molar-refractivity contribution in [3.63, 3.8) is 0 Å². The number of piperidine rings is 1. The third-order valence-electron chi connectivity index (χ3n) is 7.94. The van der Waals surface area contributed by atoms with Gasteiger partial charge in [0.25, 0.3) is 5.69 Å². The van der Waals surface area contributed by atoms with E-state index in [0.29, 0.717) is 22.0 Å². The average molecular weight is 587 g/mol. The molecule has 0 bridgehead atoms. The van der Waals surface area contributed by atoms with E-state index < -0.39 is 4.92 Å². The molecule has 4 heterocycles. The van der Waals surface area contributed by atoms with E-state index in [1.807, 2.05) is 41.1 Å². The van der Waals surface area contributed by atoms with Gasteiger partial charge in [-0.25, -0.2) is 0 Å². The van der Waals surface area contributed by atoms with E-state index in [1.54, 1.807) is 18.3 Å². The van der Waals surface area contributed by atoms with E-state index in [4.69, 9.17) is 23.8 Å². The fraction of sp³-hybridized carbons (Fsp3) is 0.290. The normalized spacial score (nSPS) is 22.6. The number of thiocarbonyl (C=S) groups is 1. The van der Waals surface area contributed by atoms with Gasteiger partial charge in [0.2, 0.25) is 0 Å². The van der Waals surface area contributed by atoms with Crippen molar-refractivity contribution in [1.82, 2.24) is 14.9 Å². The summed E-state index contributed by atoms with van der Waals surface area (Å²) in [6.45, 7) is 6.56. The third-order valence-corrected chi connectivity index (χ3v) is 8.56. The minimum Gasteiger partial charge on any atom is -0.370 e. The van der Waals surface area contributed by atoms with Crippen LogP contribution >= 0.6 is 23.8 Å². The number of nitro benzene ring substituents is 1. The maximum Gasteiger partial charge on any atom is 0.269 e. The highest BCUT2D eigenvalue weighted by Gasteiger charge is 2.42. The van der Waals surface area contributed by atoms with Crippen LogP contribution < -0.4 is 15.1 Å². The Morgan fingerprint density at radius 2 is 1.73 bits per heavy atom. The van der Waals surface area contributed by atoms with E-state index in [9.17, 15) is 10.1 Å². The van der Waals surface area contributed by atoms with Crippen molar-refractivity contribution in [2.75, 3.05) is 22.9 Å². The number of rotatable bonds is 6. The minimum absolute atomic E-state index is 0.0476. The van der Waals surface area contributed by atoms with Crippen LogP contribution in [0.2, 0.25) is 5.02 Å². The molecule has 41 heavy (non-hydrogen) atoms. The molecular weight excluding hydrogens is 556 g/mol. The predicted molar refractivity (Wildman–Crippen MR) is 167 cm³/mol. The average Bonchev–Trinajstić information content (AvgIpc) is 3.57. The topological polar surface area (TPSA) is 79.5 Å². The number of nitro groups is 1. The highest BCUT2D eigenvalue weighted by atomic mass is 35.5. The van der Waals surface area contributed by atoms with Crippen LogP contribution in [-0.4, -0.2) is 32.7 Å². The molecule has 0 amide bonds. The Kier molecular flexibility index (Phi) is 7.40. The summed E-state index contributed by atoms with van der Waals surface area (Å²) in [6.07, 6.45) is 4.96. The van der Waals surface area contributed by atoms with Crippen LogP contribution in [0.5, 0.6) is 0 Å². The molecule has 2 fully saturated rings. The largest absolute Gasteiger partial charge is 0.370 e. The van der Waals surface area contributed by atoms with Crippen LogP contribution in [0.3, 0.4) is 0 Å². The number of hydrogen-bond donors (Lipinski definition) is 1. The molecule has 0 saturated carbocycles. The van der Waals surface area contributed by atoms with Gasteiger partial charge in [-0.05, 0) is 85.1 Å². The summed E-state index contributed by atoms with van der Waals surface area (Å²) in [4.78, 5) is 20.0. The van der Waals surface area contributed by atoms with Crippen molar-refractivity contribution in [1.29, 1.82) is 0 Å². The molecule has 2 aromatic carbocycles. The van der Waals surface area contributed by atoms with E-state index in [0.717, 1.165) is 41.5 Å². The van der Waals surface area contributed by atoms with Crippen LogP contribution in [0, 0.1) is 22.0 Å². The smallest absolute Gasteiger partial charge is 0.269 e. The van der Waals surface area contributed by atoms with Gasteiger partial charge in [0, 0.05) is 54.7 Å². The number of halogens is 1. The summed E-state index contributed by atoms with van der Waals surface area (Å²) in [5.74, 6) is 1.22. The van der Waals surface area contributed by atoms with Gasteiger partial charge in [-0.1, -0.05) is 31.5 Å². The van der Waals surface area contributed by atoms with Crippen LogP contribution in [0.4, 0.5) is 17.1 Å². The van der Waals surface area contributed by atoms with E-state index >= 15 is 0 Å². The number of nitrogens with zero attached hydrogens (tertiary/aromatic N) is 5. The maximum atomic E-state index is 11.2. The second kappa shape index (κ2) is 11.1. The van der Waals surface area contributed by atoms with Gasteiger partial charge in [-0.3, -0.25) is 15.1 Å². The fourth-order valence-corrected chi connectivity index (χ4v) is 6.94. The SMILES string of the molecule is C[C@@H]1C[C@H](C)CN(c2ccc(N3C(=S)N[C@H](c4ccccn4)[C@@H]3c3cccn3-c3ccc([N+](=O)[O-])cc3)cc2Cl)C1. The number of nitrogens with one attached hydrogen (secondary N) is 1. The number of anilines is 2. The number of aromatic nitrogens is 2. The standard InChI is InChI=1S/C31H31ClN6O2S/c1-20-16-21(2)19-35(18-20)27-13-12-24(17-25(27)32)37-30(29(34-31(37)41)26-6-3-4-14-33-26)28-7-5-15-36(28)22-8-10-23(11-9-22)38(39)40/h3-15,17,20-21,29-30H,16,18-19H2,1-2H3,(H,34,41)/t20-,21+,29-,30+/m1/s1. The number of non-ortho nitro benzene ring substituents is 1. The molecule has 4 aromatic rings. The Morgan fingerprint density at radius 3 is 2.39 bits per heavy atom. The van der Waals surface area contributed by atoms with E-state index in [2.05, 4.69) is 52.1 Å². The van der Waals surface area contributed by atoms with Crippen molar-refractivity contribution in [3.05, 3.63) is 112 Å². The quantitative estimate of drug-likeness (QED) is 0.147. The fourth-order valence-electron chi connectivity index (χ4n) is 6.30. The molecule has 10 heteroatoms. The Balaban J connectivity index is 1.41. The van der Waals surface area contributed by atoms with Gasteiger partial charge in [0.05, 0.1) is 27.4 Å². The van der Waals surface area contributed by atoms with Crippen molar-refractivity contribution in [3.8, 4) is 5.69 Å². The van der Waals surface area contributed by atoms with Crippen molar-refractivity contribution in [2.24, 2.45) is 11.8 Å². The first-order chi connectivity index (χ1) is 19.8. The lowest BCUT2D eigenvalue weighted by atomic mass is 9.91. The minimum atomic E-state index is -0.392. The lowest BCUT2D eigenvalue weighted by Crippen LogP contribution is -2.38. The Morgan fingerprint density at radius 1 is 1.00 bits per heavy atom. The number of pyridine rings is 1. The van der Waals surface area contributed by atoms with Gasteiger partial charge in [0.15, 0.2) is 5.11 Å². The molecule has 0 radical (unpaired) electrons. The zero-order chi connectivity index (χ0) is 28.7. The summed E-state index contributed by atoms with van der Waals surface area (Å²) < 4.78 is 2.04. The maximum absolute atomic E-state index is 11.2. The molecule has 210 valence electrons. The molecule has 2 saturated heterocycles. The molecular formula is C31H31ClN6O2S. The van der Waals surface area contributed by atoms with Crippen LogP contribution in [-0.2, 0) is 0 Å². The highest BCUT2D eigenvalue weighted by molar-refractivity contribution is 7.80. The van der Waals surface area contributed by atoms with Gasteiger partial charge >= 0.3 is 0 Å². The molecule has 0 spiro atoms. The molecule has 1 N–H and O–H groups in total. The second-order valence-electron chi connectivity index (χ2n) is 11.1. The molecule has 0 unspecified atom stereocenters. The number of hydrogen-bond acceptors (Lipinski definition) is 5. The summed E-state index contributed by atoms with van der Waals surface area (Å²) >= 11 is 12.9. The lowest BCUT2D eigenvalue weighted by Gasteiger charge is -2.37. The summed E-state index contributed by atoms with van der Waals surface area (Å²) in [5, 5.41) is 16.0. The second-order valence-corrected chi connectivity index (χ2v) is 11.9. The van der Waals surface area contributed by atoms with E-state index in [-0.39, 0.29) is 17.8 Å². The third kappa shape index (κ3) is 5.27. The van der Waals surface area contributed by atoms with Crippen molar-refractivity contribution >= 4 is 46.0 Å². The summed E-state index contributed by atoms with van der Waals surface area (Å²) in [5.41, 5.74) is 4.60. The van der Waals surface area contributed by atoms with Crippen LogP contribution in [0.15, 0.2) is 85.2 Å². The van der Waals surface area contributed by atoms with Crippen LogP contribution in [0.1, 0.15) is 43.7 Å². The predicted octanol–water partition coefficient (Wildman–Crippen LogP) is 7.09. The molecule has 2 aliphatic heterocycles. The Hall–Kier alpha value is -3.95. The lowest BCUT2D eigenvalue weighted by molar-refractivity contribution is -0.384. The number of benzene rings is 2. The molecule has 4 atom stereocenters. The monoisotopic (exact) mass is 586 g/mol. The first kappa shape index (κ1) is 27.2. The highest BCUT2D eigenvalue weighted by Crippen LogP contribution is 2.44. The molecule has 2 aliphatic rings. The zero-order valence-corrected chi connectivity index (χ0v) is 24.4. The molecule has 2 aromatic heterocycles. The van der Waals surface area contributed by atoms with E-state index in [1.165, 1.54) is 18.6 Å². The zero-order valence-electron chi connectivity index (χ0n) is 22.9. The first-order valence-corrected chi connectivity index (χ1v) is 14.6.